The van der Waals surface area contributed by atoms with Crippen molar-refractivity contribution in [3.05, 3.63) is 5.82 Å². The average Bonchev–Trinajstić information content (AvgIpc) is 2.87. The van der Waals surface area contributed by atoms with Crippen LogP contribution in [0.2, 0.25) is 0 Å². The quantitative estimate of drug-likeness (QED) is 0.871. The molecule has 0 atom stereocenters. The fourth-order valence-electron chi connectivity index (χ4n) is 2.45. The normalized spacial score (nSPS) is 17.9. The summed E-state index contributed by atoms with van der Waals surface area (Å²) in [6, 6.07) is 0. The van der Waals surface area contributed by atoms with Crippen molar-refractivity contribution < 1.29 is 4.79 Å². The molecule has 0 saturated carbocycles. The van der Waals surface area contributed by atoms with Gasteiger partial charge in [-0.3, -0.25) is 9.89 Å². The third kappa shape index (κ3) is 5.15. The van der Waals surface area contributed by atoms with E-state index >= 15 is 0 Å². The number of rotatable bonds is 3. The van der Waals surface area contributed by atoms with Gasteiger partial charge in [-0.25, -0.2) is 4.98 Å². The van der Waals surface area contributed by atoms with Crippen LogP contribution >= 0.6 is 11.8 Å². The van der Waals surface area contributed by atoms with Gasteiger partial charge in [-0.05, 0) is 19.8 Å². The molecule has 0 unspecified atom stereocenters. The summed E-state index contributed by atoms with van der Waals surface area (Å²) in [5.41, 5.74) is 0. The topological polar surface area (TPSA) is 61.9 Å². The number of aromatic amines is 1. The van der Waals surface area contributed by atoms with E-state index in [0.29, 0.717) is 10.9 Å². The van der Waals surface area contributed by atoms with Crippen LogP contribution in [-0.4, -0.2) is 44.8 Å². The lowest BCUT2D eigenvalue weighted by Gasteiger charge is -2.23. The van der Waals surface area contributed by atoms with Crippen LogP contribution < -0.4 is 0 Å². The number of hydrogen-bond acceptors (Lipinski definition) is 4. The number of nitrogens with zero attached hydrogens (tertiary/aromatic N) is 3. The van der Waals surface area contributed by atoms with Gasteiger partial charge in [-0.2, -0.15) is 0 Å². The van der Waals surface area contributed by atoms with Crippen molar-refractivity contribution in [1.29, 1.82) is 0 Å². The largest absolute Gasteiger partial charge is 0.342 e. The lowest BCUT2D eigenvalue weighted by atomic mass is 10.1. The van der Waals surface area contributed by atoms with Gasteiger partial charge in [-0.15, -0.1) is 5.10 Å². The van der Waals surface area contributed by atoms with E-state index in [1.807, 2.05) is 11.8 Å². The van der Waals surface area contributed by atoms with Crippen molar-refractivity contribution in [2.75, 3.05) is 18.8 Å². The molecule has 0 bridgehead atoms. The highest BCUT2D eigenvalue weighted by Gasteiger charge is 2.15. The van der Waals surface area contributed by atoms with Gasteiger partial charge in [-0.1, -0.05) is 43.9 Å². The van der Waals surface area contributed by atoms with E-state index in [4.69, 9.17) is 0 Å². The molecule has 0 radical (unpaired) electrons. The molecule has 1 amide bonds. The minimum absolute atomic E-state index is 0.220. The molecule has 1 fully saturated rings. The number of nitrogens with one attached hydrogen (secondary N) is 1. The second-order valence-corrected chi connectivity index (χ2v) is 6.29. The van der Waals surface area contributed by atoms with Gasteiger partial charge in [0.25, 0.3) is 0 Å². The Balaban J connectivity index is 1.79. The van der Waals surface area contributed by atoms with Crippen LogP contribution in [-0.2, 0) is 4.79 Å². The Kier molecular flexibility index (Phi) is 6.36. The second-order valence-electron chi connectivity index (χ2n) is 5.35. The SMILES string of the molecule is Cc1nc(SCC(=O)N2CCCCCCCCC2)n[nH]1. The number of aryl methyl sites for hydroxylation is 1. The molecule has 112 valence electrons. The average molecular weight is 296 g/mol. The highest BCUT2D eigenvalue weighted by atomic mass is 32.2. The van der Waals surface area contributed by atoms with Crippen LogP contribution in [0.25, 0.3) is 0 Å². The predicted octanol–water partition coefficient (Wildman–Crippen LogP) is 2.78. The van der Waals surface area contributed by atoms with Crippen LogP contribution in [0.4, 0.5) is 0 Å². The first-order chi connectivity index (χ1) is 9.75. The monoisotopic (exact) mass is 296 g/mol. The van der Waals surface area contributed by atoms with Gasteiger partial charge in [0.05, 0.1) is 5.75 Å². The molecule has 2 heterocycles. The molecular weight excluding hydrogens is 272 g/mol. The molecule has 20 heavy (non-hydrogen) atoms. The van der Waals surface area contributed by atoms with Gasteiger partial charge in [0.1, 0.15) is 5.82 Å². The Bertz CT molecular complexity index is 411. The van der Waals surface area contributed by atoms with Gasteiger partial charge in [0.2, 0.25) is 11.1 Å². The Labute approximate surface area is 124 Å². The van der Waals surface area contributed by atoms with Gasteiger partial charge in [0, 0.05) is 13.1 Å². The van der Waals surface area contributed by atoms with Gasteiger partial charge in [0.15, 0.2) is 0 Å². The summed E-state index contributed by atoms with van der Waals surface area (Å²) in [5, 5.41) is 7.51. The summed E-state index contributed by atoms with van der Waals surface area (Å²) in [5.74, 6) is 1.45. The van der Waals surface area contributed by atoms with Crippen LogP contribution in [0.3, 0.4) is 0 Å². The van der Waals surface area contributed by atoms with E-state index < -0.39 is 0 Å². The summed E-state index contributed by atoms with van der Waals surface area (Å²) in [6.07, 6.45) is 8.74. The standard InChI is InChI=1S/C14H24N4OS/c1-12-15-14(17-16-12)20-11-13(19)18-9-7-5-3-2-4-6-8-10-18/h2-11H2,1H3,(H,15,16,17). The summed E-state index contributed by atoms with van der Waals surface area (Å²) in [7, 11) is 0. The smallest absolute Gasteiger partial charge is 0.233 e. The minimum atomic E-state index is 0.220. The number of carbonyl (C=O) groups is 1. The lowest BCUT2D eigenvalue weighted by molar-refractivity contribution is -0.128. The first kappa shape index (κ1) is 15.4. The summed E-state index contributed by atoms with van der Waals surface area (Å²) in [4.78, 5) is 18.5. The summed E-state index contributed by atoms with van der Waals surface area (Å²) in [6.45, 7) is 3.68. The molecule has 0 spiro atoms. The lowest BCUT2D eigenvalue weighted by Crippen LogP contribution is -2.34. The first-order valence-electron chi connectivity index (χ1n) is 7.55. The summed E-state index contributed by atoms with van der Waals surface area (Å²) < 4.78 is 0. The summed E-state index contributed by atoms with van der Waals surface area (Å²) >= 11 is 1.42. The van der Waals surface area contributed by atoms with Crippen LogP contribution in [0.15, 0.2) is 5.16 Å². The zero-order valence-corrected chi connectivity index (χ0v) is 13.0. The maximum atomic E-state index is 12.3. The Hall–Kier alpha value is -1.04. The Morgan fingerprint density at radius 3 is 2.30 bits per heavy atom. The van der Waals surface area contributed by atoms with Crippen LogP contribution in [0.5, 0.6) is 0 Å². The first-order valence-corrected chi connectivity index (χ1v) is 8.54. The molecule has 0 aromatic carbocycles. The maximum Gasteiger partial charge on any atom is 0.233 e. The number of thioether (sulfide) groups is 1. The molecule has 0 aliphatic carbocycles. The van der Waals surface area contributed by atoms with Crippen molar-refractivity contribution in [1.82, 2.24) is 20.1 Å². The van der Waals surface area contributed by atoms with E-state index in [-0.39, 0.29) is 5.91 Å². The van der Waals surface area contributed by atoms with Crippen molar-refractivity contribution in [3.8, 4) is 0 Å². The number of H-pyrrole nitrogens is 1. The third-order valence-electron chi connectivity index (χ3n) is 3.61. The second kappa shape index (κ2) is 8.29. The third-order valence-corrected chi connectivity index (χ3v) is 4.44. The van der Waals surface area contributed by atoms with Crippen LogP contribution in [0.1, 0.15) is 50.8 Å². The van der Waals surface area contributed by atoms with Crippen LogP contribution in [0, 0.1) is 6.92 Å². The fourth-order valence-corrected chi connectivity index (χ4v) is 3.20. The van der Waals surface area contributed by atoms with E-state index in [9.17, 15) is 4.79 Å². The Morgan fingerprint density at radius 2 is 1.75 bits per heavy atom. The highest BCUT2D eigenvalue weighted by molar-refractivity contribution is 7.99. The molecule has 1 N–H and O–H groups in total. The van der Waals surface area contributed by atoms with E-state index in [1.165, 1.54) is 43.9 Å². The van der Waals surface area contributed by atoms with E-state index in [1.54, 1.807) is 0 Å². The van der Waals surface area contributed by atoms with Crippen molar-refractivity contribution >= 4 is 17.7 Å². The molecule has 1 aromatic heterocycles. The fraction of sp³-hybridized carbons (Fsp3) is 0.786. The van der Waals surface area contributed by atoms with Gasteiger partial charge < -0.3 is 4.90 Å². The van der Waals surface area contributed by atoms with Crippen molar-refractivity contribution in [3.63, 3.8) is 0 Å². The van der Waals surface area contributed by atoms with Gasteiger partial charge >= 0.3 is 0 Å². The number of carbonyl (C=O) groups excluding carboxylic acids is 1. The molecule has 1 aliphatic rings. The molecular formula is C14H24N4OS. The maximum absolute atomic E-state index is 12.3. The zero-order valence-electron chi connectivity index (χ0n) is 12.2. The molecule has 5 nitrogen and oxygen atoms in total. The van der Waals surface area contributed by atoms with E-state index in [0.717, 1.165) is 31.8 Å². The molecule has 2 rings (SSSR count). The zero-order chi connectivity index (χ0) is 14.2. The molecule has 1 aromatic rings. The van der Waals surface area contributed by atoms with Crippen molar-refractivity contribution in [2.45, 2.75) is 57.0 Å². The highest BCUT2D eigenvalue weighted by Crippen LogP contribution is 2.15. The molecule has 1 saturated heterocycles. The molecule has 1 aliphatic heterocycles. The number of aromatic nitrogens is 3. The van der Waals surface area contributed by atoms with Crippen molar-refractivity contribution in [2.24, 2.45) is 0 Å². The number of amides is 1. The minimum Gasteiger partial charge on any atom is -0.342 e. The molecule has 6 heteroatoms. The Morgan fingerprint density at radius 1 is 1.15 bits per heavy atom. The number of hydrogen-bond donors (Lipinski definition) is 1. The van der Waals surface area contributed by atoms with E-state index in [2.05, 4.69) is 15.2 Å². The predicted molar refractivity (Wildman–Crippen MR) is 80.7 cm³/mol.